The smallest absolute Gasteiger partial charge is 0.244 e. The number of ether oxygens (including phenoxy) is 3. The van der Waals surface area contributed by atoms with Crippen LogP contribution in [-0.2, 0) is 74.7 Å². The number of benzene rings is 8. The van der Waals surface area contributed by atoms with E-state index < -0.39 is 43.2 Å². The number of rotatable bonds is 20. The Labute approximate surface area is 850 Å². The lowest BCUT2D eigenvalue weighted by atomic mass is 9.75. The van der Waals surface area contributed by atoms with Crippen molar-refractivity contribution < 1.29 is 52.6 Å². The van der Waals surface area contributed by atoms with Crippen molar-refractivity contribution in [3.05, 3.63) is 335 Å². The van der Waals surface area contributed by atoms with Crippen molar-refractivity contribution in [2.45, 2.75) is 145 Å². The van der Waals surface area contributed by atoms with E-state index in [0.29, 0.717) is 38.2 Å². The average molecular weight is 2160 g/mol. The fourth-order valence-corrected chi connectivity index (χ4v) is 26.7. The van der Waals surface area contributed by atoms with Gasteiger partial charge < -0.3 is 50.6 Å². The number of likely N-dealkylation sites (tertiary alicyclic amines) is 3. The highest BCUT2D eigenvalue weighted by Crippen LogP contribution is 2.52. The Bertz CT molecular complexity index is 5930. The molecule has 8 atom stereocenters. The molecule has 12 aromatic rings. The first-order valence-electron chi connectivity index (χ1n) is 43.6. The zero-order valence-electron chi connectivity index (χ0n) is 73.2. The maximum absolute atomic E-state index is 13.8. The molecule has 8 aromatic carbocycles. The number of piperidine rings is 4. The number of ketones is 4. The molecule has 11 heterocycles. The Morgan fingerprint density at radius 1 is 0.358 bits per heavy atom. The molecule has 7 fully saturated rings. The number of hydrogen-bond donors (Lipinski definition) is 4. The number of nitrogens with one attached hydrogen (secondary N) is 3. The number of halogens is 6. The molecule has 7 aliphatic heterocycles. The molecule has 7 aliphatic rings. The van der Waals surface area contributed by atoms with E-state index in [1.165, 1.54) is 47.0 Å². The summed E-state index contributed by atoms with van der Waals surface area (Å²) in [4.78, 5) is 116. The van der Waals surface area contributed by atoms with Gasteiger partial charge in [-0.3, -0.25) is 38.4 Å². The molecule has 0 radical (unpaired) electrons. The summed E-state index contributed by atoms with van der Waals surface area (Å²) in [5, 5.41) is 25.3. The summed E-state index contributed by atoms with van der Waals surface area (Å²) >= 11 is 43.3. The van der Waals surface area contributed by atoms with E-state index in [-0.39, 0.29) is 72.4 Å². The number of thioether (sulfide) groups is 4. The van der Waals surface area contributed by atoms with Crippen LogP contribution in [0.3, 0.4) is 0 Å². The molecule has 0 aliphatic carbocycles. The van der Waals surface area contributed by atoms with Crippen molar-refractivity contribution in [1.29, 1.82) is 0 Å². The van der Waals surface area contributed by atoms with Crippen molar-refractivity contribution in [3.8, 4) is 0 Å². The highest BCUT2D eigenvalue weighted by atomic mass is 79.9. The van der Waals surface area contributed by atoms with Crippen LogP contribution < -0.4 is 21.7 Å². The average Bonchev–Trinajstić information content (AvgIpc) is 1.22. The first-order chi connectivity index (χ1) is 64.8. The molecule has 696 valence electrons. The van der Waals surface area contributed by atoms with E-state index in [9.17, 15) is 38.4 Å². The lowest BCUT2D eigenvalue weighted by molar-refractivity contribution is -0.145. The van der Waals surface area contributed by atoms with Crippen LogP contribution in [0.5, 0.6) is 0 Å². The fourth-order valence-electron chi connectivity index (χ4n) is 17.8. The number of anilines is 2. The zero-order valence-corrected chi connectivity index (χ0v) is 85.9. The van der Waals surface area contributed by atoms with Gasteiger partial charge in [0.15, 0.2) is 23.1 Å². The number of nitrogens with zero attached hydrogens (tertiary/aromatic N) is 3. The summed E-state index contributed by atoms with van der Waals surface area (Å²) in [7, 11) is 5.41. The van der Waals surface area contributed by atoms with E-state index in [2.05, 4.69) is 59.9 Å². The first kappa shape index (κ1) is 101. The number of Topliss-reactive ketones (excluding diaryl/α,β-unsaturated/α-hetero) is 4. The second kappa shape index (κ2) is 46.2. The standard InChI is InChI=1S/2C27H27ClN2O3S2.C22H17BrClNO2S2.C21H15BrClNO2S2.C5H11NO/c2*1-30-26(32)25(35-24-8-3-2-7-22(24)28)23(31)16-27(30,19-11-14-34-17-19)18-5-4-6-21(15-18)29-20-9-12-33-13-10-20;1-25-21(27)20(29-19-8-3-2-7-17(19)24)18(26)12-22(25,15-9-10-28-13-15)14-5-4-6-16(23)11-14;22-15-5-3-4-13(10-15)21(14-8-9-27-12-14)11-17(25)19(20(26)24-21)28-18-7-2-1-6-16(18)23;6-5-1-3-7-4-2-5/h2*2-8,11,14-15,17,20,25,29H,9-10,12-13,16H2,1H3;2-11,13,20H,12H2,1H3;1-10,12,19H,11H2,(H,24,26);5H,1-4,6H2. The summed E-state index contributed by atoms with van der Waals surface area (Å²) in [5.74, 6) is -1.31. The number of carbonyl (C=O) groups is 8. The van der Waals surface area contributed by atoms with E-state index in [1.54, 1.807) is 91.4 Å². The Hall–Kier alpha value is -7.92. The van der Waals surface area contributed by atoms with Gasteiger partial charge in [-0.05, 0) is 247 Å². The maximum Gasteiger partial charge on any atom is 0.244 e. The minimum absolute atomic E-state index is 0.0907. The minimum atomic E-state index is -0.866. The van der Waals surface area contributed by atoms with Crippen LogP contribution >= 0.6 is 171 Å². The number of thiophene rings is 4. The third-order valence-electron chi connectivity index (χ3n) is 24.9. The van der Waals surface area contributed by atoms with Crippen LogP contribution in [-0.4, -0.2) is 161 Å². The Morgan fingerprint density at radius 2 is 0.657 bits per heavy atom. The second-order valence-corrected chi connectivity index (χ2v) is 44.4. The Balaban J connectivity index is 0.000000133. The van der Waals surface area contributed by atoms with Gasteiger partial charge in [-0.1, -0.05) is 175 Å². The van der Waals surface area contributed by atoms with E-state index in [0.717, 1.165) is 163 Å². The van der Waals surface area contributed by atoms with Crippen LogP contribution in [0.2, 0.25) is 20.1 Å². The summed E-state index contributed by atoms with van der Waals surface area (Å²) in [6.07, 6.45) is 6.72. The lowest BCUT2D eigenvalue weighted by Crippen LogP contribution is -2.58. The van der Waals surface area contributed by atoms with Gasteiger partial charge in [-0.2, -0.15) is 45.3 Å². The molecule has 32 heteroatoms. The van der Waals surface area contributed by atoms with Gasteiger partial charge >= 0.3 is 0 Å². The summed E-state index contributed by atoms with van der Waals surface area (Å²) in [5.41, 5.74) is 11.5. The highest BCUT2D eigenvalue weighted by Gasteiger charge is 2.56. The molecule has 4 amide bonds. The summed E-state index contributed by atoms with van der Waals surface area (Å²) in [6, 6.07) is 70.1. The predicted octanol–water partition coefficient (Wildman–Crippen LogP) is 23.4. The molecule has 0 bridgehead atoms. The minimum Gasteiger partial charge on any atom is -0.382 e. The molecule has 19 rings (SSSR count). The van der Waals surface area contributed by atoms with Crippen LogP contribution in [0, 0.1) is 0 Å². The van der Waals surface area contributed by atoms with Crippen molar-refractivity contribution >= 4 is 229 Å². The summed E-state index contributed by atoms with van der Waals surface area (Å²) < 4.78 is 17.8. The third kappa shape index (κ3) is 22.8. The predicted molar refractivity (Wildman–Crippen MR) is 554 cm³/mol. The Kier molecular flexibility index (Phi) is 34.7. The topological polar surface area (TPSA) is 236 Å². The molecule has 0 spiro atoms. The van der Waals surface area contributed by atoms with Crippen molar-refractivity contribution in [1.82, 2.24) is 20.0 Å². The van der Waals surface area contributed by atoms with Crippen molar-refractivity contribution in [3.63, 3.8) is 0 Å². The first-order valence-corrected chi connectivity index (χ1v) is 54.0. The molecule has 134 heavy (non-hydrogen) atoms. The maximum atomic E-state index is 13.8. The second-order valence-electron chi connectivity index (χ2n) is 33.2. The highest BCUT2D eigenvalue weighted by molar-refractivity contribution is 9.10. The van der Waals surface area contributed by atoms with E-state index in [1.807, 2.05) is 239 Å². The largest absolute Gasteiger partial charge is 0.382 e. The molecule has 8 unspecified atom stereocenters. The van der Waals surface area contributed by atoms with Gasteiger partial charge in [0.05, 0.1) is 25.6 Å². The van der Waals surface area contributed by atoms with Crippen molar-refractivity contribution in [2.24, 2.45) is 5.73 Å². The number of amides is 4. The summed E-state index contributed by atoms with van der Waals surface area (Å²) in [6.45, 7) is 4.75. The van der Waals surface area contributed by atoms with Crippen LogP contribution in [0.1, 0.15) is 109 Å². The van der Waals surface area contributed by atoms with Crippen molar-refractivity contribution in [2.75, 3.05) is 71.4 Å². The van der Waals surface area contributed by atoms with Crippen LogP contribution in [0.25, 0.3) is 0 Å². The SMILES string of the molecule is CN1C(=O)C(Sc2ccccc2Cl)C(=O)CC1(c1ccsc1)c1cccc(Br)c1.CN1C(=O)C(Sc2ccccc2Cl)C(=O)CC1(c1ccsc1)c1cccc(NC2CCOCC2)c1.CN1C(=O)C(Sc2ccccc2Cl)C(=O)CC1(c1ccsc1)c1cccc(NC2CCOCC2)c1.NC1CCOCC1.O=C1CC(c2ccsc2)(c2cccc(Br)c2)NC(=O)C1Sc1ccccc1Cl. The van der Waals surface area contributed by atoms with E-state index >= 15 is 0 Å². The lowest BCUT2D eigenvalue weighted by Gasteiger charge is -2.47. The normalized spacial score (nSPS) is 23.0. The third-order valence-corrected chi connectivity index (χ3v) is 35.7. The molecular formula is C102H97Br2Cl4N7O11S8. The monoisotopic (exact) mass is 2150 g/mol. The molecular weight excluding hydrogens is 2060 g/mol. The van der Waals surface area contributed by atoms with Gasteiger partial charge in [-0.25, -0.2) is 0 Å². The molecule has 5 N–H and O–H groups in total. The molecule has 18 nitrogen and oxygen atoms in total. The molecule has 7 saturated heterocycles. The van der Waals surface area contributed by atoms with Gasteiger partial charge in [0, 0.05) is 144 Å². The number of hydrogen-bond acceptors (Lipinski definition) is 22. The van der Waals surface area contributed by atoms with E-state index in [4.69, 9.17) is 66.3 Å². The quantitative estimate of drug-likeness (QED) is 0.0519. The van der Waals surface area contributed by atoms with Gasteiger partial charge in [0.2, 0.25) is 23.6 Å². The van der Waals surface area contributed by atoms with Gasteiger partial charge in [0.25, 0.3) is 0 Å². The van der Waals surface area contributed by atoms with Crippen LogP contribution in [0.15, 0.2) is 290 Å². The van der Waals surface area contributed by atoms with Gasteiger partial charge in [0.1, 0.15) is 37.6 Å². The fraction of sp³-hybridized carbons (Fsp3) is 0.294. The zero-order chi connectivity index (χ0) is 94.3. The van der Waals surface area contributed by atoms with Crippen LogP contribution in [0.4, 0.5) is 11.4 Å². The Morgan fingerprint density at radius 3 is 0.970 bits per heavy atom. The molecule has 4 aromatic heterocycles. The molecule has 0 saturated carbocycles. The van der Waals surface area contributed by atoms with Gasteiger partial charge in [-0.15, -0.1) is 47.0 Å². The number of carbonyl (C=O) groups excluding carboxylic acids is 8. The number of nitrogens with two attached hydrogens (primary N) is 1.